The molecule has 0 aromatic heterocycles. The molecule has 3 aromatic rings. The van der Waals surface area contributed by atoms with Crippen molar-refractivity contribution in [2.75, 3.05) is 39.6 Å². The summed E-state index contributed by atoms with van der Waals surface area (Å²) in [5.74, 6) is 0. The zero-order valence-electron chi connectivity index (χ0n) is 21.4. The third-order valence-electron chi connectivity index (χ3n) is 4.71. The number of ether oxygens (including phenoxy) is 3. The number of rotatable bonds is 0. The largest absolute Gasteiger partial charge is 3.00 e. The Morgan fingerprint density at radius 1 is 0.351 bits per heavy atom. The summed E-state index contributed by atoms with van der Waals surface area (Å²) < 4.78 is 18.4. The van der Waals surface area contributed by atoms with Gasteiger partial charge in [0.1, 0.15) is 0 Å². The van der Waals surface area contributed by atoms with E-state index in [1.165, 1.54) is 51.9 Å². The van der Waals surface area contributed by atoms with Crippen LogP contribution in [0.15, 0.2) is 91.0 Å². The van der Waals surface area contributed by atoms with Gasteiger partial charge in [0.05, 0.1) is 0 Å². The summed E-state index contributed by atoms with van der Waals surface area (Å²) in [6.07, 6.45) is 7.67. The Bertz CT molecular complexity index is 679. The molecule has 0 N–H and O–H groups in total. The molecule has 3 aliphatic heterocycles. The van der Waals surface area contributed by atoms with E-state index in [4.69, 9.17) is 14.2 Å². The first kappa shape index (κ1) is 37.3. The first-order valence-electron chi connectivity index (χ1n) is 12.6. The van der Waals surface area contributed by atoms with Crippen molar-refractivity contribution in [3.63, 3.8) is 0 Å². The molecule has 0 spiro atoms. The first-order chi connectivity index (χ1) is 17.7. The SMILES string of the molecule is C1CCOC1.C1CCOC1.C1CCOC1.[Se-]c1ccccc1.[Se-]c1ccccc1.[Se-]c1ccccc1.[Tm+3]. The van der Waals surface area contributed by atoms with Crippen LogP contribution >= 0.6 is 0 Å². The molecule has 0 unspecified atom stereocenters. The molecule has 0 radical (unpaired) electrons. The van der Waals surface area contributed by atoms with Gasteiger partial charge in [-0.1, -0.05) is 0 Å². The Kier molecular flexibility index (Phi) is 29.6. The van der Waals surface area contributed by atoms with Gasteiger partial charge in [0, 0.05) is 39.6 Å². The van der Waals surface area contributed by atoms with Crippen molar-refractivity contribution in [2.45, 2.75) is 38.5 Å². The quantitative estimate of drug-likeness (QED) is 0.323. The monoisotopic (exact) mass is 856 g/mol. The van der Waals surface area contributed by atoms with Gasteiger partial charge in [-0.3, -0.25) is 0 Å². The van der Waals surface area contributed by atoms with Gasteiger partial charge in [-0.25, -0.2) is 0 Å². The Morgan fingerprint density at radius 2 is 0.541 bits per heavy atom. The zero-order chi connectivity index (χ0) is 25.9. The Labute approximate surface area is 278 Å². The Hall–Kier alpha value is 0.332. The van der Waals surface area contributed by atoms with Crippen molar-refractivity contribution in [3.05, 3.63) is 91.0 Å². The minimum absolute atomic E-state index is 0. The molecule has 7 heteroatoms. The predicted octanol–water partition coefficient (Wildman–Crippen LogP) is 3.83. The molecule has 0 amide bonds. The van der Waals surface area contributed by atoms with Crippen LogP contribution in [0.1, 0.15) is 38.5 Å². The smallest absolute Gasteiger partial charge is 3.00 e. The van der Waals surface area contributed by atoms with Crippen LogP contribution in [0, 0.1) is 36.9 Å². The van der Waals surface area contributed by atoms with Crippen LogP contribution in [0.3, 0.4) is 0 Å². The number of hydrogen-bond donors (Lipinski definition) is 0. The van der Waals surface area contributed by atoms with Gasteiger partial charge in [0.25, 0.3) is 0 Å². The van der Waals surface area contributed by atoms with E-state index in [0.29, 0.717) is 0 Å². The molecule has 3 nitrogen and oxygen atoms in total. The van der Waals surface area contributed by atoms with Crippen molar-refractivity contribution in [1.29, 1.82) is 0 Å². The third-order valence-corrected chi connectivity index (χ3v) is 6.42. The van der Waals surface area contributed by atoms with Gasteiger partial charge < -0.3 is 14.2 Å². The van der Waals surface area contributed by atoms with Crippen molar-refractivity contribution >= 4 is 61.4 Å². The minimum Gasteiger partial charge on any atom is 3.00 e. The first-order valence-corrected chi connectivity index (χ1v) is 15.1. The second-order valence-electron chi connectivity index (χ2n) is 7.90. The molecule has 3 fully saturated rings. The van der Waals surface area contributed by atoms with Crippen LogP contribution in [0.2, 0.25) is 0 Å². The molecule has 3 heterocycles. The normalized spacial score (nSPS) is 14.6. The van der Waals surface area contributed by atoms with E-state index in [0.717, 1.165) is 39.6 Å². The number of hydrogen-bond acceptors (Lipinski definition) is 3. The van der Waals surface area contributed by atoms with Crippen LogP contribution in [0.25, 0.3) is 0 Å². The predicted molar refractivity (Wildman–Crippen MR) is 156 cm³/mol. The molecular formula is C30H39O3Se3Tm. The summed E-state index contributed by atoms with van der Waals surface area (Å²) in [6, 6.07) is 30.2. The van der Waals surface area contributed by atoms with Crippen molar-refractivity contribution in [3.8, 4) is 0 Å². The minimum atomic E-state index is 0. The fourth-order valence-electron chi connectivity index (χ4n) is 2.79. The summed E-state index contributed by atoms with van der Waals surface area (Å²) in [7, 11) is 0. The average molecular weight is 853 g/mol. The molecule has 3 aliphatic rings. The fraction of sp³-hybridized carbons (Fsp3) is 0.400. The summed E-state index contributed by atoms with van der Waals surface area (Å²) in [5.41, 5.74) is 0. The van der Waals surface area contributed by atoms with Gasteiger partial charge in [0.2, 0.25) is 0 Å². The molecular weight excluding hydrogens is 814 g/mol. The Morgan fingerprint density at radius 3 is 0.622 bits per heavy atom. The van der Waals surface area contributed by atoms with Gasteiger partial charge in [-0.2, -0.15) is 0 Å². The zero-order valence-corrected chi connectivity index (χ0v) is 28.3. The average Bonchev–Trinajstić information content (AvgIpc) is 3.73. The Balaban J connectivity index is 0.000000421. The van der Waals surface area contributed by atoms with Crippen molar-refractivity contribution in [2.24, 2.45) is 0 Å². The van der Waals surface area contributed by atoms with E-state index >= 15 is 0 Å². The summed E-state index contributed by atoms with van der Waals surface area (Å²) in [6.45, 7) is 6.00. The second kappa shape index (κ2) is 29.3. The van der Waals surface area contributed by atoms with E-state index in [1.54, 1.807) is 0 Å². The molecule has 0 bridgehead atoms. The van der Waals surface area contributed by atoms with Gasteiger partial charge in [-0.05, 0) is 38.5 Å². The second-order valence-corrected chi connectivity index (χ2v) is 10.9. The topological polar surface area (TPSA) is 27.7 Å². The van der Waals surface area contributed by atoms with Gasteiger partial charge >= 0.3 is 189 Å². The summed E-state index contributed by atoms with van der Waals surface area (Å²) in [5, 5.41) is 0. The molecule has 208 valence electrons. The maximum absolute atomic E-state index is 4.94. The van der Waals surface area contributed by atoms with Crippen LogP contribution in [-0.2, 0) is 14.2 Å². The van der Waals surface area contributed by atoms with Crippen LogP contribution < -0.4 is 13.4 Å². The van der Waals surface area contributed by atoms with E-state index in [2.05, 4.69) is 48.0 Å². The summed E-state index contributed by atoms with van der Waals surface area (Å²) in [4.78, 5) is 0. The molecule has 0 aliphatic carbocycles. The van der Waals surface area contributed by atoms with Gasteiger partial charge in [0.15, 0.2) is 0 Å². The molecule has 3 saturated heterocycles. The van der Waals surface area contributed by atoms with E-state index in [1.807, 2.05) is 91.0 Å². The summed E-state index contributed by atoms with van der Waals surface area (Å²) >= 11 is 8.71. The van der Waals surface area contributed by atoms with E-state index in [9.17, 15) is 0 Å². The third kappa shape index (κ3) is 27.7. The van der Waals surface area contributed by atoms with E-state index in [-0.39, 0.29) is 36.9 Å². The molecule has 0 atom stereocenters. The van der Waals surface area contributed by atoms with Crippen molar-refractivity contribution in [1.82, 2.24) is 0 Å². The fourth-order valence-corrected chi connectivity index (χ4v) is 3.78. The molecule has 6 rings (SSSR count). The molecule has 0 saturated carbocycles. The standard InChI is InChI=1S/3C6H6Se.3C4H8O.Tm/c3*7-6-4-2-1-3-5-6;3*1-2-4-5-3-1;/h3*1-5,7H;3*1-4H2;/q;;;;;;+3/p-3. The van der Waals surface area contributed by atoms with Crippen LogP contribution in [0.5, 0.6) is 0 Å². The van der Waals surface area contributed by atoms with E-state index < -0.39 is 0 Å². The van der Waals surface area contributed by atoms with Crippen molar-refractivity contribution < 1.29 is 51.1 Å². The molecule has 3 aromatic carbocycles. The number of benzene rings is 3. The van der Waals surface area contributed by atoms with Crippen LogP contribution in [-0.4, -0.2) is 87.7 Å². The molecule has 37 heavy (non-hydrogen) atoms. The van der Waals surface area contributed by atoms with Crippen LogP contribution in [0.4, 0.5) is 0 Å². The maximum Gasteiger partial charge on any atom is 3.00 e. The maximum atomic E-state index is 4.94. The van der Waals surface area contributed by atoms with Gasteiger partial charge in [-0.15, -0.1) is 0 Å².